The zero-order valence-corrected chi connectivity index (χ0v) is 48.4. The van der Waals surface area contributed by atoms with E-state index in [1.54, 1.807) is 11.3 Å². The topological polar surface area (TPSA) is 9.72 Å². The summed E-state index contributed by atoms with van der Waals surface area (Å²) in [6.07, 6.45) is 0. The molecule has 0 aliphatic carbocycles. The molecule has 1 heterocycles. The number of halogens is 1. The number of nitrogens with zero attached hydrogens (tertiary/aromatic N) is 3. The van der Waals surface area contributed by atoms with Crippen molar-refractivity contribution in [3.8, 4) is 33.4 Å². The van der Waals surface area contributed by atoms with E-state index in [1.807, 2.05) is 0 Å². The molecule has 392 valence electrons. The summed E-state index contributed by atoms with van der Waals surface area (Å²) in [6.45, 7) is 20.5. The van der Waals surface area contributed by atoms with Gasteiger partial charge in [-0.1, -0.05) is 232 Å². The summed E-state index contributed by atoms with van der Waals surface area (Å²) in [5.41, 5.74) is 19.4. The van der Waals surface area contributed by atoms with Gasteiger partial charge in [0.15, 0.2) is 0 Å². The van der Waals surface area contributed by atoms with E-state index >= 15 is 0 Å². The van der Waals surface area contributed by atoms with E-state index in [4.69, 9.17) is 11.6 Å². The fourth-order valence-corrected chi connectivity index (χ4v) is 11.9. The molecule has 0 saturated carbocycles. The van der Waals surface area contributed by atoms with Gasteiger partial charge in [-0.25, -0.2) is 0 Å². The number of thiophene rings is 1. The number of para-hydroxylation sites is 1. The highest BCUT2D eigenvalue weighted by atomic mass is 35.5. The zero-order valence-electron chi connectivity index (χ0n) is 46.8. The van der Waals surface area contributed by atoms with Crippen molar-refractivity contribution in [1.82, 2.24) is 0 Å². The third-order valence-electron chi connectivity index (χ3n) is 15.1. The molecule has 5 heteroatoms. The highest BCUT2D eigenvalue weighted by Gasteiger charge is 2.29. The minimum atomic E-state index is -0.105. The maximum Gasteiger partial charge on any atom is 0.0887 e. The number of benzene rings is 10. The molecule has 11 rings (SSSR count). The Bertz CT molecular complexity index is 3900. The smallest absolute Gasteiger partial charge is 0.0887 e. The second kappa shape index (κ2) is 21.6. The molecular weight excluding hydrogens is 998 g/mol. The lowest BCUT2D eigenvalue weighted by atomic mass is 9.84. The van der Waals surface area contributed by atoms with Crippen molar-refractivity contribution < 1.29 is 0 Å². The highest BCUT2D eigenvalue weighted by Crippen LogP contribution is 2.52. The van der Waals surface area contributed by atoms with E-state index < -0.39 is 0 Å². The van der Waals surface area contributed by atoms with Crippen molar-refractivity contribution in [1.29, 1.82) is 0 Å². The largest absolute Gasteiger partial charge is 0.310 e. The standard InChI is InChI=1S/C74H68ClN3S/c1-72(2,3)55-36-41-58(42-37-55)76(65-32-20-19-31-62(65)52-25-15-11-16-26-52)60-29-21-30-61(49-60)78(66-45-40-57(74(7,8)9)48-63(66)53-27-17-12-18-28-53)68-34-22-33-67(71(68)75)77(59-43-38-56(39-44-59)73(4,5)6)69-50-79-70-46-35-54(47-64(69)70)51-23-13-10-14-24-51/h10-50H,1-9H3. The molecule has 0 atom stereocenters. The molecule has 0 N–H and O–H groups in total. The van der Waals surface area contributed by atoms with Crippen LogP contribution in [0.2, 0.25) is 5.02 Å². The van der Waals surface area contributed by atoms with E-state index in [2.05, 4.69) is 325 Å². The minimum absolute atomic E-state index is 0.00832. The Balaban J connectivity index is 1.16. The molecule has 0 aliphatic rings. The van der Waals surface area contributed by atoms with Crippen LogP contribution in [-0.2, 0) is 16.2 Å². The van der Waals surface area contributed by atoms with Crippen LogP contribution in [0.4, 0.5) is 51.2 Å². The van der Waals surface area contributed by atoms with Crippen molar-refractivity contribution in [2.75, 3.05) is 14.7 Å². The highest BCUT2D eigenvalue weighted by molar-refractivity contribution is 7.17. The van der Waals surface area contributed by atoms with Gasteiger partial charge in [0.1, 0.15) is 0 Å². The van der Waals surface area contributed by atoms with Crippen LogP contribution in [0.15, 0.2) is 248 Å². The summed E-state index contributed by atoms with van der Waals surface area (Å²) < 4.78 is 1.20. The van der Waals surface area contributed by atoms with Crippen LogP contribution in [0, 0.1) is 0 Å². The van der Waals surface area contributed by atoms with E-state index in [-0.39, 0.29) is 16.2 Å². The molecule has 0 unspecified atom stereocenters. The van der Waals surface area contributed by atoms with Crippen LogP contribution in [0.5, 0.6) is 0 Å². The lowest BCUT2D eigenvalue weighted by Crippen LogP contribution is -2.17. The van der Waals surface area contributed by atoms with Gasteiger partial charge in [0, 0.05) is 49.3 Å². The second-order valence-electron chi connectivity index (χ2n) is 23.7. The first-order valence-corrected chi connectivity index (χ1v) is 28.7. The van der Waals surface area contributed by atoms with Crippen LogP contribution < -0.4 is 14.7 Å². The van der Waals surface area contributed by atoms with Gasteiger partial charge in [-0.2, -0.15) is 0 Å². The van der Waals surface area contributed by atoms with Crippen LogP contribution in [0.25, 0.3) is 43.5 Å². The molecule has 0 amide bonds. The molecule has 0 spiro atoms. The number of fused-ring (bicyclic) bond motifs is 1. The predicted molar refractivity (Wildman–Crippen MR) is 343 cm³/mol. The Morgan fingerprint density at radius 2 is 0.747 bits per heavy atom. The van der Waals surface area contributed by atoms with E-state index in [0.29, 0.717) is 5.02 Å². The van der Waals surface area contributed by atoms with Gasteiger partial charge in [-0.3, -0.25) is 0 Å². The van der Waals surface area contributed by atoms with Gasteiger partial charge in [0.05, 0.1) is 33.5 Å². The summed E-state index contributed by atoms with van der Waals surface area (Å²) in [4.78, 5) is 7.16. The van der Waals surface area contributed by atoms with Gasteiger partial charge in [0.25, 0.3) is 0 Å². The van der Waals surface area contributed by atoms with Crippen molar-refractivity contribution >= 4 is 84.2 Å². The first-order valence-electron chi connectivity index (χ1n) is 27.4. The van der Waals surface area contributed by atoms with Crippen molar-refractivity contribution in [2.45, 2.75) is 78.6 Å². The van der Waals surface area contributed by atoms with Crippen molar-refractivity contribution in [3.05, 3.63) is 270 Å². The monoisotopic (exact) mass is 1070 g/mol. The fraction of sp³-hybridized carbons (Fsp3) is 0.162. The number of rotatable bonds is 12. The number of hydrogen-bond donors (Lipinski definition) is 0. The number of hydrogen-bond acceptors (Lipinski definition) is 4. The Hall–Kier alpha value is -8.15. The average molecular weight is 1070 g/mol. The lowest BCUT2D eigenvalue weighted by Gasteiger charge is -2.34. The Morgan fingerprint density at radius 1 is 0.304 bits per heavy atom. The normalized spacial score (nSPS) is 11.9. The second-order valence-corrected chi connectivity index (χ2v) is 24.9. The lowest BCUT2D eigenvalue weighted by molar-refractivity contribution is 0.590. The molecule has 0 radical (unpaired) electrons. The van der Waals surface area contributed by atoms with Crippen LogP contribution in [-0.4, -0.2) is 0 Å². The first kappa shape index (κ1) is 52.9. The maximum absolute atomic E-state index is 8.29. The molecule has 10 aromatic carbocycles. The third-order valence-corrected chi connectivity index (χ3v) is 16.4. The van der Waals surface area contributed by atoms with Crippen LogP contribution in [0.1, 0.15) is 79.0 Å². The molecular formula is C74H68ClN3S. The Morgan fingerprint density at radius 3 is 1.32 bits per heavy atom. The Kier molecular flexibility index (Phi) is 14.4. The molecule has 3 nitrogen and oxygen atoms in total. The summed E-state index contributed by atoms with van der Waals surface area (Å²) in [5, 5.41) is 4.07. The van der Waals surface area contributed by atoms with Gasteiger partial charge >= 0.3 is 0 Å². The Labute approximate surface area is 477 Å². The summed E-state index contributed by atoms with van der Waals surface area (Å²) in [6, 6.07) is 88.3. The molecule has 0 aliphatic heterocycles. The molecule has 11 aromatic rings. The predicted octanol–water partition coefficient (Wildman–Crippen LogP) is 22.9. The minimum Gasteiger partial charge on any atom is -0.310 e. The average Bonchev–Trinajstić information content (AvgIpc) is 3.95. The van der Waals surface area contributed by atoms with Crippen molar-refractivity contribution in [2.24, 2.45) is 0 Å². The van der Waals surface area contributed by atoms with Gasteiger partial charge in [-0.15, -0.1) is 11.3 Å². The zero-order chi connectivity index (χ0) is 55.1. The summed E-state index contributed by atoms with van der Waals surface area (Å²) >= 11 is 10.1. The molecule has 0 fully saturated rings. The first-order chi connectivity index (χ1) is 38.0. The molecule has 79 heavy (non-hydrogen) atoms. The maximum atomic E-state index is 8.29. The van der Waals surface area contributed by atoms with E-state index in [1.165, 1.54) is 32.5 Å². The summed E-state index contributed by atoms with van der Waals surface area (Å²) in [7, 11) is 0. The third kappa shape index (κ3) is 10.9. The molecule has 1 aromatic heterocycles. The molecule has 0 bridgehead atoms. The van der Waals surface area contributed by atoms with Gasteiger partial charge in [0.2, 0.25) is 0 Å². The van der Waals surface area contributed by atoms with E-state index in [0.717, 1.165) is 78.8 Å². The van der Waals surface area contributed by atoms with Gasteiger partial charge < -0.3 is 14.7 Å². The SMILES string of the molecule is CC(C)(C)c1ccc(N(c2cccc(N(c3ccc(C(C)(C)C)cc3-c3ccccc3)c3cccc(N(c4ccc(C(C)(C)C)cc4)c4csc5ccc(-c6ccccc6)cc45)c3Cl)c2)c2ccccc2-c2ccccc2)cc1. The van der Waals surface area contributed by atoms with Crippen molar-refractivity contribution in [3.63, 3.8) is 0 Å². The quantitative estimate of drug-likeness (QED) is 0.121. The molecule has 0 saturated heterocycles. The van der Waals surface area contributed by atoms with Crippen LogP contribution >= 0.6 is 22.9 Å². The summed E-state index contributed by atoms with van der Waals surface area (Å²) in [5.74, 6) is 0. The fourth-order valence-electron chi connectivity index (χ4n) is 10.7. The number of anilines is 9. The van der Waals surface area contributed by atoms with Gasteiger partial charge in [-0.05, 0) is 140 Å². The van der Waals surface area contributed by atoms with E-state index in [9.17, 15) is 0 Å². The van der Waals surface area contributed by atoms with Crippen LogP contribution in [0.3, 0.4) is 0 Å².